The van der Waals surface area contributed by atoms with Crippen molar-refractivity contribution in [1.29, 1.82) is 0 Å². The Morgan fingerprint density at radius 2 is 1.92 bits per heavy atom. The standard InChI is InChI=1S/C8H13NO2S/c1-4-6-9-7-8(5-2)12(3,10)11/h4-7H,1-3H3/b6-4+,8-5+,9-7+. The number of nitrogens with zero attached hydrogens (tertiary/aromatic N) is 1. The largest absolute Gasteiger partial charge is 0.264 e. The van der Waals surface area contributed by atoms with Crippen molar-refractivity contribution in [3.63, 3.8) is 0 Å². The molecular formula is C8H13NO2S. The normalized spacial score (nSPS) is 14.8. The number of hydrogen-bond donors (Lipinski definition) is 0. The highest BCUT2D eigenvalue weighted by molar-refractivity contribution is 7.95. The van der Waals surface area contributed by atoms with Gasteiger partial charge >= 0.3 is 0 Å². The predicted molar refractivity (Wildman–Crippen MR) is 51.9 cm³/mol. The first-order valence-electron chi connectivity index (χ1n) is 3.53. The molecule has 0 aliphatic carbocycles. The summed E-state index contributed by atoms with van der Waals surface area (Å²) < 4.78 is 21.9. The van der Waals surface area contributed by atoms with E-state index in [0.717, 1.165) is 6.26 Å². The SMILES string of the molecule is C/C=C/N=C/C(=C\C)S(C)(=O)=O. The molecule has 0 atom stereocenters. The van der Waals surface area contributed by atoms with E-state index in [1.807, 2.05) is 6.92 Å². The minimum absolute atomic E-state index is 0.237. The maximum Gasteiger partial charge on any atom is 0.176 e. The maximum absolute atomic E-state index is 11.0. The molecule has 0 spiro atoms. The lowest BCUT2D eigenvalue weighted by Crippen LogP contribution is -2.01. The number of aliphatic imine (C=N–C) groups is 1. The van der Waals surface area contributed by atoms with Crippen LogP contribution >= 0.6 is 0 Å². The Bertz CT molecular complexity index is 310. The molecule has 0 aliphatic heterocycles. The Balaban J connectivity index is 4.65. The van der Waals surface area contributed by atoms with Crippen LogP contribution in [0.25, 0.3) is 0 Å². The minimum atomic E-state index is -3.12. The van der Waals surface area contributed by atoms with E-state index in [9.17, 15) is 8.42 Å². The summed E-state index contributed by atoms with van der Waals surface area (Å²) in [7, 11) is -3.12. The van der Waals surface area contributed by atoms with Gasteiger partial charge in [-0.1, -0.05) is 12.2 Å². The van der Waals surface area contributed by atoms with Crippen LogP contribution in [0.3, 0.4) is 0 Å². The van der Waals surface area contributed by atoms with E-state index in [-0.39, 0.29) is 4.91 Å². The smallest absolute Gasteiger partial charge is 0.176 e. The molecule has 0 amide bonds. The van der Waals surface area contributed by atoms with Crippen LogP contribution in [0, 0.1) is 0 Å². The fourth-order valence-corrected chi connectivity index (χ4v) is 1.27. The molecule has 68 valence electrons. The summed E-state index contributed by atoms with van der Waals surface area (Å²) in [6.07, 6.45) is 7.27. The summed E-state index contributed by atoms with van der Waals surface area (Å²) >= 11 is 0. The number of hydrogen-bond acceptors (Lipinski definition) is 3. The fraction of sp³-hybridized carbons (Fsp3) is 0.375. The van der Waals surface area contributed by atoms with Crippen LogP contribution in [-0.4, -0.2) is 20.9 Å². The summed E-state index contributed by atoms with van der Waals surface area (Å²) in [5.41, 5.74) is 0. The lowest BCUT2D eigenvalue weighted by Gasteiger charge is -1.93. The Morgan fingerprint density at radius 1 is 1.33 bits per heavy atom. The van der Waals surface area contributed by atoms with E-state index in [1.54, 1.807) is 13.0 Å². The summed E-state index contributed by atoms with van der Waals surface area (Å²) in [5.74, 6) is 0. The van der Waals surface area contributed by atoms with Crippen molar-refractivity contribution in [2.24, 2.45) is 4.99 Å². The van der Waals surface area contributed by atoms with Crippen LogP contribution in [-0.2, 0) is 9.84 Å². The van der Waals surface area contributed by atoms with Crippen LogP contribution in [0.2, 0.25) is 0 Å². The number of rotatable bonds is 3. The lowest BCUT2D eigenvalue weighted by molar-refractivity contribution is 0.609. The average molecular weight is 187 g/mol. The number of sulfone groups is 1. The van der Waals surface area contributed by atoms with Gasteiger partial charge in [-0.3, -0.25) is 4.99 Å². The van der Waals surface area contributed by atoms with E-state index in [4.69, 9.17) is 0 Å². The van der Waals surface area contributed by atoms with Crippen molar-refractivity contribution in [3.05, 3.63) is 23.3 Å². The van der Waals surface area contributed by atoms with Crippen molar-refractivity contribution < 1.29 is 8.42 Å². The second-order valence-electron chi connectivity index (χ2n) is 2.22. The monoisotopic (exact) mass is 187 g/mol. The lowest BCUT2D eigenvalue weighted by atomic mass is 10.5. The first kappa shape index (κ1) is 11.1. The van der Waals surface area contributed by atoms with Crippen molar-refractivity contribution in [3.8, 4) is 0 Å². The van der Waals surface area contributed by atoms with Crippen molar-refractivity contribution in [2.75, 3.05) is 6.26 Å². The van der Waals surface area contributed by atoms with Gasteiger partial charge in [0, 0.05) is 18.7 Å². The minimum Gasteiger partial charge on any atom is -0.264 e. The molecule has 0 N–H and O–H groups in total. The topological polar surface area (TPSA) is 46.5 Å². The predicted octanol–water partition coefficient (Wildman–Crippen LogP) is 1.54. The second kappa shape index (κ2) is 4.87. The number of allylic oxidation sites excluding steroid dienone is 3. The van der Waals surface area contributed by atoms with Gasteiger partial charge in [0.1, 0.15) is 0 Å². The van der Waals surface area contributed by atoms with Gasteiger partial charge in [-0.25, -0.2) is 8.42 Å². The highest BCUT2D eigenvalue weighted by atomic mass is 32.2. The Morgan fingerprint density at radius 3 is 2.25 bits per heavy atom. The van der Waals surface area contributed by atoms with Gasteiger partial charge in [0.25, 0.3) is 0 Å². The molecule has 0 aromatic carbocycles. The molecule has 0 radical (unpaired) electrons. The molecule has 0 saturated carbocycles. The van der Waals surface area contributed by atoms with E-state index >= 15 is 0 Å². The van der Waals surface area contributed by atoms with Crippen molar-refractivity contribution in [2.45, 2.75) is 13.8 Å². The second-order valence-corrected chi connectivity index (χ2v) is 4.24. The molecule has 0 aliphatic rings. The van der Waals surface area contributed by atoms with Gasteiger partial charge in [0.15, 0.2) is 9.84 Å². The third kappa shape index (κ3) is 4.08. The quantitative estimate of drug-likeness (QED) is 0.629. The molecule has 12 heavy (non-hydrogen) atoms. The third-order valence-electron chi connectivity index (χ3n) is 1.15. The van der Waals surface area contributed by atoms with Gasteiger partial charge in [0.2, 0.25) is 0 Å². The summed E-state index contributed by atoms with van der Waals surface area (Å²) in [6.45, 7) is 3.48. The molecule has 0 aromatic rings. The molecule has 0 unspecified atom stereocenters. The summed E-state index contributed by atoms with van der Waals surface area (Å²) in [6, 6.07) is 0. The molecule has 4 heteroatoms. The van der Waals surface area contributed by atoms with E-state index < -0.39 is 9.84 Å². The summed E-state index contributed by atoms with van der Waals surface area (Å²) in [4.78, 5) is 4.01. The van der Waals surface area contributed by atoms with Crippen LogP contribution in [0.5, 0.6) is 0 Å². The van der Waals surface area contributed by atoms with Gasteiger partial charge < -0.3 is 0 Å². The van der Waals surface area contributed by atoms with Crippen LogP contribution in [0.4, 0.5) is 0 Å². The first-order chi connectivity index (χ1) is 5.52. The van der Waals surface area contributed by atoms with Gasteiger partial charge in [0.05, 0.1) is 4.91 Å². The maximum atomic E-state index is 11.0. The molecular weight excluding hydrogens is 174 g/mol. The van der Waals surface area contributed by atoms with Crippen molar-refractivity contribution >= 4 is 16.1 Å². The third-order valence-corrected chi connectivity index (χ3v) is 2.35. The van der Waals surface area contributed by atoms with Crippen LogP contribution in [0.15, 0.2) is 28.2 Å². The zero-order valence-corrected chi connectivity index (χ0v) is 8.30. The van der Waals surface area contributed by atoms with E-state index in [0.29, 0.717) is 0 Å². The fourth-order valence-electron chi connectivity index (χ4n) is 0.587. The average Bonchev–Trinajstić information content (AvgIpc) is 1.95. The molecule has 0 heterocycles. The molecule has 3 nitrogen and oxygen atoms in total. The van der Waals surface area contributed by atoms with Gasteiger partial charge in [-0.15, -0.1) is 0 Å². The van der Waals surface area contributed by atoms with Crippen molar-refractivity contribution in [1.82, 2.24) is 0 Å². The van der Waals surface area contributed by atoms with Gasteiger partial charge in [-0.2, -0.15) is 0 Å². The Labute approximate surface area is 73.4 Å². The van der Waals surface area contributed by atoms with Gasteiger partial charge in [-0.05, 0) is 13.8 Å². The first-order valence-corrected chi connectivity index (χ1v) is 5.42. The highest BCUT2D eigenvalue weighted by Gasteiger charge is 2.05. The molecule has 0 bridgehead atoms. The summed E-state index contributed by atoms with van der Waals surface area (Å²) in [5, 5.41) is 0. The Kier molecular flexibility index (Phi) is 4.51. The van der Waals surface area contributed by atoms with Crippen LogP contribution in [0.1, 0.15) is 13.8 Å². The highest BCUT2D eigenvalue weighted by Crippen LogP contribution is 2.00. The molecule has 0 fully saturated rings. The van der Waals surface area contributed by atoms with Crippen LogP contribution < -0.4 is 0 Å². The molecule has 0 aromatic heterocycles. The molecule has 0 rings (SSSR count). The van der Waals surface area contributed by atoms with E-state index in [2.05, 4.69) is 4.99 Å². The zero-order valence-electron chi connectivity index (χ0n) is 7.48. The zero-order chi connectivity index (χ0) is 9.61. The Hall–Kier alpha value is -0.900. The van der Waals surface area contributed by atoms with E-state index in [1.165, 1.54) is 18.5 Å². The molecule has 0 saturated heterocycles.